The maximum absolute atomic E-state index is 5.66. The summed E-state index contributed by atoms with van der Waals surface area (Å²) in [5.41, 5.74) is 7.87. The molecule has 0 unspecified atom stereocenters. The van der Waals surface area contributed by atoms with Crippen molar-refractivity contribution in [3.63, 3.8) is 0 Å². The molecule has 0 amide bonds. The van der Waals surface area contributed by atoms with E-state index in [1.165, 1.54) is 5.56 Å². The van der Waals surface area contributed by atoms with Gasteiger partial charge in [0.2, 0.25) is 0 Å². The van der Waals surface area contributed by atoms with Crippen molar-refractivity contribution < 1.29 is 4.52 Å². The van der Waals surface area contributed by atoms with E-state index < -0.39 is 0 Å². The van der Waals surface area contributed by atoms with Crippen molar-refractivity contribution in [2.75, 3.05) is 0 Å². The van der Waals surface area contributed by atoms with Crippen LogP contribution in [0.1, 0.15) is 30.4 Å². The van der Waals surface area contributed by atoms with Crippen molar-refractivity contribution in [3.05, 3.63) is 17.0 Å². The summed E-state index contributed by atoms with van der Waals surface area (Å²) in [7, 11) is 0. The highest BCUT2D eigenvalue weighted by Gasteiger charge is 2.08. The fraction of sp³-hybridized carbons (Fsp3) is 0.667. The summed E-state index contributed by atoms with van der Waals surface area (Å²) in [6.45, 7) is 5.92. The zero-order valence-corrected chi connectivity index (χ0v) is 7.92. The average molecular weight is 168 g/mol. The van der Waals surface area contributed by atoms with Crippen molar-refractivity contribution in [3.8, 4) is 0 Å². The minimum Gasteiger partial charge on any atom is -0.361 e. The van der Waals surface area contributed by atoms with Crippen LogP contribution in [0.25, 0.3) is 0 Å². The monoisotopic (exact) mass is 168 g/mol. The number of rotatable bonds is 3. The van der Waals surface area contributed by atoms with Crippen molar-refractivity contribution >= 4 is 0 Å². The van der Waals surface area contributed by atoms with Gasteiger partial charge in [0.05, 0.1) is 5.69 Å². The predicted molar refractivity (Wildman–Crippen MR) is 47.9 cm³/mol. The first-order valence-corrected chi connectivity index (χ1v) is 4.28. The number of hydrogen-bond donors (Lipinski definition) is 1. The van der Waals surface area contributed by atoms with Gasteiger partial charge in [-0.2, -0.15) is 0 Å². The van der Waals surface area contributed by atoms with Gasteiger partial charge < -0.3 is 10.3 Å². The van der Waals surface area contributed by atoms with Crippen LogP contribution in [0.4, 0.5) is 0 Å². The van der Waals surface area contributed by atoms with Gasteiger partial charge in [-0.05, 0) is 33.6 Å². The fourth-order valence-electron chi connectivity index (χ4n) is 1.23. The largest absolute Gasteiger partial charge is 0.361 e. The van der Waals surface area contributed by atoms with Gasteiger partial charge in [0, 0.05) is 11.6 Å². The number of nitrogens with zero attached hydrogens (tertiary/aromatic N) is 1. The Morgan fingerprint density at radius 2 is 2.17 bits per heavy atom. The molecule has 3 heteroatoms. The molecule has 0 saturated carbocycles. The Bertz CT molecular complexity index is 234. The van der Waals surface area contributed by atoms with Crippen molar-refractivity contribution in [2.24, 2.45) is 5.73 Å². The van der Waals surface area contributed by atoms with Gasteiger partial charge in [-0.15, -0.1) is 0 Å². The molecule has 0 aliphatic carbocycles. The molecule has 0 saturated heterocycles. The predicted octanol–water partition coefficient (Wildman–Crippen LogP) is 1.57. The summed E-state index contributed by atoms with van der Waals surface area (Å²) in [6, 6.07) is 0.249. The van der Waals surface area contributed by atoms with Crippen LogP contribution in [-0.2, 0) is 6.42 Å². The quantitative estimate of drug-likeness (QED) is 0.745. The summed E-state index contributed by atoms with van der Waals surface area (Å²) in [6.07, 6.45) is 1.96. The maximum Gasteiger partial charge on any atom is 0.137 e. The molecule has 0 radical (unpaired) electrons. The zero-order chi connectivity index (χ0) is 9.14. The van der Waals surface area contributed by atoms with Crippen LogP contribution >= 0.6 is 0 Å². The first-order chi connectivity index (χ1) is 5.61. The molecule has 0 fully saturated rings. The second kappa shape index (κ2) is 3.72. The van der Waals surface area contributed by atoms with E-state index in [1.807, 2.05) is 20.8 Å². The van der Waals surface area contributed by atoms with E-state index in [2.05, 4.69) is 5.16 Å². The third-order valence-corrected chi connectivity index (χ3v) is 2.03. The van der Waals surface area contributed by atoms with Crippen LogP contribution in [-0.4, -0.2) is 11.2 Å². The van der Waals surface area contributed by atoms with E-state index in [0.717, 1.165) is 24.3 Å². The zero-order valence-electron chi connectivity index (χ0n) is 7.92. The van der Waals surface area contributed by atoms with Gasteiger partial charge in [0.25, 0.3) is 0 Å². The smallest absolute Gasteiger partial charge is 0.137 e. The van der Waals surface area contributed by atoms with Gasteiger partial charge >= 0.3 is 0 Å². The molecule has 12 heavy (non-hydrogen) atoms. The number of hydrogen-bond acceptors (Lipinski definition) is 3. The molecule has 1 aromatic heterocycles. The first-order valence-electron chi connectivity index (χ1n) is 4.28. The normalized spacial score (nSPS) is 13.3. The summed E-state index contributed by atoms with van der Waals surface area (Å²) in [5, 5.41) is 3.88. The van der Waals surface area contributed by atoms with Gasteiger partial charge in [0.15, 0.2) is 0 Å². The van der Waals surface area contributed by atoms with Crippen LogP contribution in [0.5, 0.6) is 0 Å². The molecule has 0 aliphatic heterocycles. The van der Waals surface area contributed by atoms with E-state index in [0.29, 0.717) is 0 Å². The molecule has 1 aromatic rings. The molecule has 68 valence electrons. The minimum atomic E-state index is 0.249. The Kier molecular flexibility index (Phi) is 2.87. The lowest BCUT2D eigenvalue weighted by Crippen LogP contribution is -2.15. The van der Waals surface area contributed by atoms with Gasteiger partial charge in [-0.25, -0.2) is 0 Å². The number of aryl methyl sites for hydroxylation is 2. The van der Waals surface area contributed by atoms with Crippen molar-refractivity contribution in [2.45, 2.75) is 39.7 Å². The molecule has 1 rings (SSSR count). The van der Waals surface area contributed by atoms with Gasteiger partial charge in [-0.1, -0.05) is 5.16 Å². The van der Waals surface area contributed by atoms with E-state index in [1.54, 1.807) is 0 Å². The lowest BCUT2D eigenvalue weighted by Gasteiger charge is -2.03. The molecule has 0 aliphatic rings. The Labute approximate surface area is 72.9 Å². The van der Waals surface area contributed by atoms with Crippen LogP contribution in [0, 0.1) is 13.8 Å². The highest BCUT2D eigenvalue weighted by molar-refractivity contribution is 5.20. The average Bonchev–Trinajstić information content (AvgIpc) is 2.28. The van der Waals surface area contributed by atoms with Crippen LogP contribution in [0.15, 0.2) is 4.52 Å². The summed E-state index contributed by atoms with van der Waals surface area (Å²) in [4.78, 5) is 0. The van der Waals surface area contributed by atoms with Gasteiger partial charge in [-0.3, -0.25) is 0 Å². The Hall–Kier alpha value is -0.830. The standard InChI is InChI=1S/C9H16N2O/c1-6(10)4-5-9-7(2)11-12-8(9)3/h6H,4-5,10H2,1-3H3/t6-/m1/s1. The highest BCUT2D eigenvalue weighted by Crippen LogP contribution is 2.14. The molecule has 1 heterocycles. The minimum absolute atomic E-state index is 0.249. The van der Waals surface area contributed by atoms with Crippen LogP contribution in [0.2, 0.25) is 0 Å². The molecule has 0 spiro atoms. The molecule has 1 atom stereocenters. The van der Waals surface area contributed by atoms with Crippen molar-refractivity contribution in [1.82, 2.24) is 5.16 Å². The fourth-order valence-corrected chi connectivity index (χ4v) is 1.23. The van der Waals surface area contributed by atoms with E-state index >= 15 is 0 Å². The van der Waals surface area contributed by atoms with Gasteiger partial charge in [0.1, 0.15) is 5.76 Å². The Morgan fingerprint density at radius 3 is 2.58 bits per heavy atom. The maximum atomic E-state index is 5.66. The lowest BCUT2D eigenvalue weighted by molar-refractivity contribution is 0.392. The van der Waals surface area contributed by atoms with E-state index in [4.69, 9.17) is 10.3 Å². The SMILES string of the molecule is Cc1noc(C)c1CC[C@@H](C)N. The lowest BCUT2D eigenvalue weighted by atomic mass is 10.1. The second-order valence-corrected chi connectivity index (χ2v) is 3.32. The summed E-state index contributed by atoms with van der Waals surface area (Å²) >= 11 is 0. The molecular weight excluding hydrogens is 152 g/mol. The third-order valence-electron chi connectivity index (χ3n) is 2.03. The molecular formula is C9H16N2O. The summed E-state index contributed by atoms with van der Waals surface area (Å²) in [5.74, 6) is 0.924. The highest BCUT2D eigenvalue weighted by atomic mass is 16.5. The number of nitrogens with two attached hydrogens (primary N) is 1. The van der Waals surface area contributed by atoms with Crippen molar-refractivity contribution in [1.29, 1.82) is 0 Å². The first kappa shape index (κ1) is 9.26. The van der Waals surface area contributed by atoms with Crippen LogP contribution < -0.4 is 5.73 Å². The van der Waals surface area contributed by atoms with E-state index in [9.17, 15) is 0 Å². The second-order valence-electron chi connectivity index (χ2n) is 3.32. The topological polar surface area (TPSA) is 52.0 Å². The number of aromatic nitrogens is 1. The molecule has 2 N–H and O–H groups in total. The molecule has 0 bridgehead atoms. The third kappa shape index (κ3) is 2.08. The van der Waals surface area contributed by atoms with Crippen LogP contribution in [0.3, 0.4) is 0 Å². The summed E-state index contributed by atoms with van der Waals surface area (Å²) < 4.78 is 5.04. The molecule has 3 nitrogen and oxygen atoms in total. The van der Waals surface area contributed by atoms with E-state index in [-0.39, 0.29) is 6.04 Å². The Balaban J connectivity index is 2.62. The molecule has 0 aromatic carbocycles. The Morgan fingerprint density at radius 1 is 1.50 bits per heavy atom.